The Morgan fingerprint density at radius 3 is 0.733 bits per heavy atom. The highest BCUT2D eigenvalue weighted by molar-refractivity contribution is 6.41. The van der Waals surface area contributed by atoms with Crippen molar-refractivity contribution < 1.29 is 0 Å². The lowest BCUT2D eigenvalue weighted by atomic mass is 9.82. The molecule has 4 aromatic heterocycles. The Balaban J connectivity index is 0.000000858. The molecule has 0 aliphatic carbocycles. The maximum absolute atomic E-state index is 5.05. The number of aromatic nitrogens is 4. The molecule has 60 heavy (non-hydrogen) atoms. The van der Waals surface area contributed by atoms with E-state index in [1.807, 2.05) is 49.1 Å². The van der Waals surface area contributed by atoms with Crippen molar-refractivity contribution in [3.8, 4) is 44.5 Å². The van der Waals surface area contributed by atoms with Gasteiger partial charge in [-0.05, 0) is 155 Å². The smallest absolute Gasteiger partial charge is 0.0967 e. The van der Waals surface area contributed by atoms with Crippen LogP contribution < -0.4 is 0 Å². The molecule has 9 rings (SSSR count). The highest BCUT2D eigenvalue weighted by Gasteiger charge is 2.23. The van der Waals surface area contributed by atoms with Crippen LogP contribution in [0.4, 0.5) is 0 Å². The minimum atomic E-state index is 0.194. The summed E-state index contributed by atoms with van der Waals surface area (Å²) in [6, 6.07) is 40.3. The molecule has 8 heteroatoms. The molecule has 0 N–H and O–H groups in total. The van der Waals surface area contributed by atoms with Gasteiger partial charge >= 0.3 is 0 Å². The van der Waals surface area contributed by atoms with E-state index in [-0.39, 0.29) is 10.7 Å². The summed E-state index contributed by atoms with van der Waals surface area (Å²) in [5.41, 5.74) is 18.0. The maximum Gasteiger partial charge on any atom is 0.0967 e. The highest BCUT2D eigenvalue weighted by atomic mass is 35.5. The van der Waals surface area contributed by atoms with Crippen LogP contribution >= 0.6 is 46.4 Å². The largest absolute Gasteiger partial charge is 0.256 e. The molecule has 4 nitrogen and oxygen atoms in total. The van der Waals surface area contributed by atoms with E-state index in [1.165, 1.54) is 22.3 Å². The van der Waals surface area contributed by atoms with Crippen molar-refractivity contribution in [1.82, 2.24) is 19.9 Å². The van der Waals surface area contributed by atoms with Crippen LogP contribution in [0, 0.1) is 0 Å². The summed E-state index contributed by atoms with van der Waals surface area (Å²) in [7, 11) is 0. The number of fused-ring (bicyclic) bond motifs is 4. The number of rotatable bonds is 8. The fraction of sp³-hybridized carbons (Fsp3) is 0.192. The second-order valence-electron chi connectivity index (χ2n) is 14.4. The van der Waals surface area contributed by atoms with Crippen molar-refractivity contribution >= 4 is 90.0 Å². The second kappa shape index (κ2) is 20.0. The first-order chi connectivity index (χ1) is 29.4. The van der Waals surface area contributed by atoms with Gasteiger partial charge in [-0.2, -0.15) is 0 Å². The average Bonchev–Trinajstić information content (AvgIpc) is 3.30. The van der Waals surface area contributed by atoms with E-state index < -0.39 is 0 Å². The van der Waals surface area contributed by atoms with Gasteiger partial charge in [-0.25, -0.2) is 0 Å². The maximum atomic E-state index is 5.05. The van der Waals surface area contributed by atoms with E-state index in [4.69, 9.17) is 66.3 Å². The molecule has 0 amide bonds. The number of hydrogen-bond acceptors (Lipinski definition) is 4. The van der Waals surface area contributed by atoms with Gasteiger partial charge in [0.1, 0.15) is 0 Å². The normalized spacial score (nSPS) is 11.1. The van der Waals surface area contributed by atoms with Crippen molar-refractivity contribution in [2.45, 2.75) is 53.4 Å². The topological polar surface area (TPSA) is 51.6 Å². The number of pyridine rings is 4. The first-order valence-corrected chi connectivity index (χ1v) is 22.5. The Hall–Kier alpha value is -5.10. The van der Waals surface area contributed by atoms with Gasteiger partial charge in [0.05, 0.1) is 32.7 Å². The van der Waals surface area contributed by atoms with Crippen molar-refractivity contribution in [3.63, 3.8) is 0 Å². The number of benzene rings is 5. The molecule has 5 aromatic carbocycles. The Kier molecular flexibility index (Phi) is 14.3. The van der Waals surface area contributed by atoms with Crippen LogP contribution in [0.3, 0.4) is 0 Å². The number of hydrogen-bond donors (Lipinski definition) is 0. The average molecular weight is 869 g/mol. The third kappa shape index (κ3) is 8.85. The van der Waals surface area contributed by atoms with Crippen LogP contribution in [0.1, 0.15) is 49.9 Å². The number of nitrogens with zero attached hydrogens (tertiary/aromatic N) is 4. The molecular weight excluding hydrogens is 822 g/mol. The quantitative estimate of drug-likeness (QED) is 0.143. The zero-order valence-electron chi connectivity index (χ0n) is 34.2. The van der Waals surface area contributed by atoms with Gasteiger partial charge in [-0.15, -0.1) is 46.4 Å². The van der Waals surface area contributed by atoms with Crippen molar-refractivity contribution in [2.75, 3.05) is 10.7 Å². The lowest BCUT2D eigenvalue weighted by Gasteiger charge is -2.22. The zero-order valence-corrected chi connectivity index (χ0v) is 37.3. The predicted molar refractivity (Wildman–Crippen MR) is 260 cm³/mol. The summed E-state index contributed by atoms with van der Waals surface area (Å²) in [4.78, 5) is 20.2. The van der Waals surface area contributed by atoms with E-state index in [1.54, 1.807) is 0 Å². The second-order valence-corrected chi connectivity index (χ2v) is 16.0. The van der Waals surface area contributed by atoms with Crippen LogP contribution in [-0.2, 0) is 25.7 Å². The fourth-order valence-electron chi connectivity index (χ4n) is 8.15. The lowest BCUT2D eigenvalue weighted by molar-refractivity contribution is 1.14. The molecule has 0 spiro atoms. The molecule has 0 saturated heterocycles. The molecule has 4 heterocycles. The molecule has 0 radical (unpaired) electrons. The minimum absolute atomic E-state index is 0.194. The van der Waals surface area contributed by atoms with Gasteiger partial charge in [0.15, 0.2) is 0 Å². The van der Waals surface area contributed by atoms with Gasteiger partial charge in [-0.1, -0.05) is 52.0 Å². The fourth-order valence-corrected chi connectivity index (χ4v) is 8.15. The summed E-state index contributed by atoms with van der Waals surface area (Å²) >= 11 is 19.1. The molecule has 302 valence electrons. The van der Waals surface area contributed by atoms with E-state index in [9.17, 15) is 0 Å². The third-order valence-corrected chi connectivity index (χ3v) is 11.0. The summed E-state index contributed by atoms with van der Waals surface area (Å²) in [5.74, 6) is 0. The Labute approximate surface area is 372 Å². The summed E-state index contributed by atoms with van der Waals surface area (Å²) in [6.45, 7) is 8.91. The van der Waals surface area contributed by atoms with E-state index in [2.05, 4.69) is 113 Å². The number of halogens is 4. The molecule has 0 saturated carbocycles. The number of aryl methyl sites for hydroxylation is 4. The molecule has 0 atom stereocenters. The van der Waals surface area contributed by atoms with Crippen molar-refractivity contribution in [1.29, 1.82) is 0 Å². The first kappa shape index (κ1) is 43.0. The first-order valence-electron chi connectivity index (χ1n) is 20.3. The highest BCUT2D eigenvalue weighted by Crippen LogP contribution is 2.48. The minimum Gasteiger partial charge on any atom is -0.256 e. The lowest BCUT2D eigenvalue weighted by Crippen LogP contribution is -1.99. The van der Waals surface area contributed by atoms with E-state index in [0.29, 0.717) is 0 Å². The third-order valence-electron chi connectivity index (χ3n) is 11.0. The molecule has 0 fully saturated rings. The van der Waals surface area contributed by atoms with Crippen LogP contribution in [0.25, 0.3) is 88.1 Å². The van der Waals surface area contributed by atoms with Crippen LogP contribution in [-0.4, -0.2) is 30.6 Å². The molecule has 0 aliphatic heterocycles. The molecule has 0 unspecified atom stereocenters. The summed E-state index contributed by atoms with van der Waals surface area (Å²) in [6.07, 6.45) is 11.3. The van der Waals surface area contributed by atoms with Gasteiger partial charge in [-0.3, -0.25) is 19.9 Å². The molecule has 9 aromatic rings. The standard InChI is InChI=1S/C50H42N4.2CH2Cl2/c1-5-31-21-35-13-9-17-51-47(35)43(25-31)39-29-41(45-27-33(7-3)23-37-15-11-19-53-49(37)45)42(46-28-34(8-4)24-38-16-12-20-54-50(38)46)30-40(39)44-26-32(6-2)22-36-14-10-18-52-48(36)44;2*2-1-3/h9-30H,5-8H2,1-4H3;2*1H2. The zero-order chi connectivity index (χ0) is 42.2. The van der Waals surface area contributed by atoms with E-state index >= 15 is 0 Å². The van der Waals surface area contributed by atoms with Crippen molar-refractivity contribution in [3.05, 3.63) is 156 Å². The van der Waals surface area contributed by atoms with Crippen LogP contribution in [0.2, 0.25) is 0 Å². The van der Waals surface area contributed by atoms with Gasteiger partial charge in [0.2, 0.25) is 0 Å². The van der Waals surface area contributed by atoms with Crippen molar-refractivity contribution in [2.24, 2.45) is 0 Å². The van der Waals surface area contributed by atoms with Gasteiger partial charge < -0.3 is 0 Å². The van der Waals surface area contributed by atoms with Crippen LogP contribution in [0.15, 0.2) is 134 Å². The van der Waals surface area contributed by atoms with Gasteiger partial charge in [0.25, 0.3) is 0 Å². The number of alkyl halides is 4. The van der Waals surface area contributed by atoms with E-state index in [0.717, 1.165) is 114 Å². The molecular formula is C52H46Cl4N4. The monoisotopic (exact) mass is 866 g/mol. The SMILES string of the molecule is CCc1cc(-c2cc(-c3cc(CC)cc4cccnc34)c(-c3cc(CC)cc4cccnc34)cc2-c2cc(CC)cc3cccnc23)c2ncccc2c1.ClCCl.ClCCl. The predicted octanol–water partition coefficient (Wildman–Crippen LogP) is 15.6. The van der Waals surface area contributed by atoms with Gasteiger partial charge in [0, 0.05) is 68.6 Å². The molecule has 0 bridgehead atoms. The summed E-state index contributed by atoms with van der Waals surface area (Å²) in [5, 5.41) is 4.94. The summed E-state index contributed by atoms with van der Waals surface area (Å²) < 4.78 is 0. The Bertz CT molecular complexity index is 2550. The Morgan fingerprint density at radius 1 is 0.317 bits per heavy atom. The molecule has 0 aliphatic rings. The van der Waals surface area contributed by atoms with Crippen LogP contribution in [0.5, 0.6) is 0 Å². The Morgan fingerprint density at radius 2 is 0.533 bits per heavy atom.